The first-order valence-electron chi connectivity index (χ1n) is 8.43. The Morgan fingerprint density at radius 2 is 1.75 bits per heavy atom. The summed E-state index contributed by atoms with van der Waals surface area (Å²) in [5.74, 6) is -0.612. The van der Waals surface area contributed by atoms with Crippen LogP contribution < -0.4 is 5.43 Å². The predicted octanol–water partition coefficient (Wildman–Crippen LogP) is 3.47. The van der Waals surface area contributed by atoms with Gasteiger partial charge in [-0.05, 0) is 56.3 Å². The number of phenolic OH excluding ortho intramolecular Hbond substituents is 1. The van der Waals surface area contributed by atoms with E-state index in [1.54, 1.807) is 12.1 Å². The number of nitrogens with one attached hydrogen (secondary N) is 1. The van der Waals surface area contributed by atoms with Gasteiger partial charge in [-0.25, -0.2) is 5.43 Å². The standard InChI is InChI=1S/C20H18N4O4/c1-13-3-4-14(2)23(13)17-7-5-15(6-8-17)20(26)22-21-12-16-11-18(24(27)28)9-10-19(16)25/h3-12,25H,1-2H3,(H,22,26)/b21-12+. The molecule has 0 saturated heterocycles. The molecule has 1 amide bonds. The van der Waals surface area contributed by atoms with Crippen LogP contribution in [0.2, 0.25) is 0 Å². The van der Waals surface area contributed by atoms with Gasteiger partial charge in [0, 0.05) is 40.3 Å². The first-order chi connectivity index (χ1) is 13.4. The van der Waals surface area contributed by atoms with Gasteiger partial charge >= 0.3 is 0 Å². The number of aromatic hydroxyl groups is 1. The second-order valence-corrected chi connectivity index (χ2v) is 6.20. The van der Waals surface area contributed by atoms with Crippen molar-refractivity contribution in [3.05, 3.63) is 87.2 Å². The van der Waals surface area contributed by atoms with Gasteiger partial charge in [-0.3, -0.25) is 14.9 Å². The Morgan fingerprint density at radius 3 is 2.36 bits per heavy atom. The highest BCUT2D eigenvalue weighted by molar-refractivity contribution is 5.95. The van der Waals surface area contributed by atoms with E-state index in [1.165, 1.54) is 18.2 Å². The smallest absolute Gasteiger partial charge is 0.271 e. The molecule has 0 saturated carbocycles. The zero-order chi connectivity index (χ0) is 20.3. The predicted molar refractivity (Wildman–Crippen MR) is 105 cm³/mol. The van der Waals surface area contributed by atoms with Gasteiger partial charge in [-0.15, -0.1) is 0 Å². The molecule has 8 nitrogen and oxygen atoms in total. The molecule has 2 aromatic carbocycles. The van der Waals surface area contributed by atoms with Gasteiger partial charge in [0.2, 0.25) is 0 Å². The second kappa shape index (κ2) is 7.75. The lowest BCUT2D eigenvalue weighted by Crippen LogP contribution is -2.17. The van der Waals surface area contributed by atoms with Crippen molar-refractivity contribution >= 4 is 17.8 Å². The molecule has 0 fully saturated rings. The summed E-state index contributed by atoms with van der Waals surface area (Å²) in [4.78, 5) is 22.4. The summed E-state index contributed by atoms with van der Waals surface area (Å²) in [6.45, 7) is 4.01. The summed E-state index contributed by atoms with van der Waals surface area (Å²) in [6.07, 6.45) is 1.15. The quantitative estimate of drug-likeness (QED) is 0.402. The van der Waals surface area contributed by atoms with Crippen LogP contribution in [0.4, 0.5) is 5.69 Å². The molecule has 0 bridgehead atoms. The number of nitrogens with zero attached hydrogens (tertiary/aromatic N) is 3. The number of carbonyl (C=O) groups excluding carboxylic acids is 1. The van der Waals surface area contributed by atoms with E-state index in [9.17, 15) is 20.0 Å². The number of rotatable bonds is 5. The maximum atomic E-state index is 12.2. The third-order valence-corrected chi connectivity index (χ3v) is 4.25. The van der Waals surface area contributed by atoms with Crippen LogP contribution in [0.3, 0.4) is 0 Å². The van der Waals surface area contributed by atoms with Crippen LogP contribution in [0.5, 0.6) is 5.75 Å². The Balaban J connectivity index is 1.71. The van der Waals surface area contributed by atoms with Crippen molar-refractivity contribution < 1.29 is 14.8 Å². The molecule has 142 valence electrons. The van der Waals surface area contributed by atoms with Crippen LogP contribution in [-0.4, -0.2) is 26.7 Å². The molecule has 3 rings (SSSR count). The Morgan fingerprint density at radius 1 is 1.11 bits per heavy atom. The minimum absolute atomic E-state index is 0.128. The third-order valence-electron chi connectivity index (χ3n) is 4.25. The zero-order valence-corrected chi connectivity index (χ0v) is 15.3. The van der Waals surface area contributed by atoms with E-state index in [0.29, 0.717) is 5.56 Å². The molecule has 1 heterocycles. The molecule has 0 radical (unpaired) electrons. The summed E-state index contributed by atoms with van der Waals surface area (Å²) >= 11 is 0. The van der Waals surface area contributed by atoms with E-state index in [1.807, 2.05) is 38.1 Å². The number of non-ortho nitro benzene ring substituents is 1. The number of hydrazone groups is 1. The highest BCUT2D eigenvalue weighted by atomic mass is 16.6. The Bertz CT molecular complexity index is 1050. The molecule has 0 aliphatic rings. The number of benzene rings is 2. The average Bonchev–Trinajstić information content (AvgIpc) is 3.01. The van der Waals surface area contributed by atoms with Gasteiger partial charge in [0.15, 0.2) is 0 Å². The fourth-order valence-corrected chi connectivity index (χ4v) is 2.82. The van der Waals surface area contributed by atoms with Crippen LogP contribution in [0.15, 0.2) is 59.7 Å². The third kappa shape index (κ3) is 3.90. The zero-order valence-electron chi connectivity index (χ0n) is 15.3. The van der Waals surface area contributed by atoms with Gasteiger partial charge in [0.25, 0.3) is 11.6 Å². The largest absolute Gasteiger partial charge is 0.507 e. The number of aryl methyl sites for hydroxylation is 2. The Kier molecular flexibility index (Phi) is 5.21. The van der Waals surface area contributed by atoms with Crippen molar-refractivity contribution in [2.24, 2.45) is 5.10 Å². The van der Waals surface area contributed by atoms with Gasteiger partial charge in [-0.2, -0.15) is 5.10 Å². The topological polar surface area (TPSA) is 110 Å². The van der Waals surface area contributed by atoms with Gasteiger partial charge < -0.3 is 9.67 Å². The molecule has 0 spiro atoms. The lowest BCUT2D eigenvalue weighted by atomic mass is 10.2. The SMILES string of the molecule is Cc1ccc(C)n1-c1ccc(C(=O)N/N=C/c2cc([N+](=O)[O-])ccc2O)cc1. The molecule has 3 aromatic rings. The van der Waals surface area contributed by atoms with Gasteiger partial charge in [0.1, 0.15) is 5.75 Å². The molecule has 0 aliphatic carbocycles. The first-order valence-corrected chi connectivity index (χ1v) is 8.43. The number of phenols is 1. The molecule has 2 N–H and O–H groups in total. The number of hydrogen-bond donors (Lipinski definition) is 2. The summed E-state index contributed by atoms with van der Waals surface area (Å²) in [7, 11) is 0. The maximum absolute atomic E-state index is 12.2. The minimum Gasteiger partial charge on any atom is -0.507 e. The van der Waals surface area contributed by atoms with Crippen LogP contribution >= 0.6 is 0 Å². The number of hydrogen-bond acceptors (Lipinski definition) is 5. The molecular weight excluding hydrogens is 360 g/mol. The molecule has 28 heavy (non-hydrogen) atoms. The molecule has 8 heteroatoms. The van der Waals surface area contributed by atoms with Crippen LogP contribution in [0.25, 0.3) is 5.69 Å². The highest BCUT2D eigenvalue weighted by Gasteiger charge is 2.10. The van der Waals surface area contributed by atoms with Crippen molar-refractivity contribution in [1.82, 2.24) is 9.99 Å². The normalized spacial score (nSPS) is 10.9. The summed E-state index contributed by atoms with van der Waals surface area (Å²) < 4.78 is 2.07. The van der Waals surface area contributed by atoms with E-state index in [0.717, 1.165) is 23.3 Å². The minimum atomic E-state index is -0.578. The highest BCUT2D eigenvalue weighted by Crippen LogP contribution is 2.21. The van der Waals surface area contributed by atoms with Crippen LogP contribution in [0.1, 0.15) is 27.3 Å². The number of nitro benzene ring substituents is 1. The molecule has 0 aliphatic heterocycles. The van der Waals surface area contributed by atoms with Gasteiger partial charge in [-0.1, -0.05) is 0 Å². The Hall–Kier alpha value is -3.94. The maximum Gasteiger partial charge on any atom is 0.271 e. The van der Waals surface area contributed by atoms with Crippen LogP contribution in [0, 0.1) is 24.0 Å². The van der Waals surface area contributed by atoms with Crippen molar-refractivity contribution in [2.45, 2.75) is 13.8 Å². The molecular formula is C20H18N4O4. The number of carbonyl (C=O) groups is 1. The van der Waals surface area contributed by atoms with E-state index < -0.39 is 10.8 Å². The molecule has 0 atom stereocenters. The van der Waals surface area contributed by atoms with E-state index in [-0.39, 0.29) is 17.0 Å². The number of aromatic nitrogens is 1. The molecule has 0 unspecified atom stereocenters. The van der Waals surface area contributed by atoms with Crippen molar-refractivity contribution in [2.75, 3.05) is 0 Å². The Labute approximate surface area is 160 Å². The number of nitro groups is 1. The van der Waals surface area contributed by atoms with E-state index in [2.05, 4.69) is 15.1 Å². The number of amides is 1. The van der Waals surface area contributed by atoms with Crippen molar-refractivity contribution in [3.63, 3.8) is 0 Å². The van der Waals surface area contributed by atoms with Crippen molar-refractivity contribution in [1.29, 1.82) is 0 Å². The summed E-state index contributed by atoms with van der Waals surface area (Å²) in [6, 6.07) is 14.6. The first kappa shape index (κ1) is 18.8. The lowest BCUT2D eigenvalue weighted by molar-refractivity contribution is -0.384. The van der Waals surface area contributed by atoms with Crippen molar-refractivity contribution in [3.8, 4) is 11.4 Å². The van der Waals surface area contributed by atoms with Crippen LogP contribution in [-0.2, 0) is 0 Å². The average molecular weight is 378 g/mol. The summed E-state index contributed by atoms with van der Waals surface area (Å²) in [5, 5.41) is 24.3. The lowest BCUT2D eigenvalue weighted by Gasteiger charge is -2.10. The van der Waals surface area contributed by atoms with E-state index >= 15 is 0 Å². The van der Waals surface area contributed by atoms with Gasteiger partial charge in [0.05, 0.1) is 11.1 Å². The summed E-state index contributed by atoms with van der Waals surface area (Å²) in [5.41, 5.74) is 5.83. The second-order valence-electron chi connectivity index (χ2n) is 6.20. The fourth-order valence-electron chi connectivity index (χ4n) is 2.82. The monoisotopic (exact) mass is 378 g/mol. The van der Waals surface area contributed by atoms with E-state index in [4.69, 9.17) is 0 Å². The molecule has 1 aromatic heterocycles. The fraction of sp³-hybridized carbons (Fsp3) is 0.100.